The molecule has 2 unspecified atom stereocenters. The predicted molar refractivity (Wildman–Crippen MR) is 335 cm³/mol. The Hall–Kier alpha value is -2.03. The van der Waals surface area contributed by atoms with Gasteiger partial charge in [0, 0.05) is 12.8 Å². The van der Waals surface area contributed by atoms with Gasteiger partial charge in [0.2, 0.25) is 0 Å². The highest BCUT2D eigenvalue weighted by atomic mass is 31.2. The molecule has 0 amide bonds. The Labute approximate surface area is 484 Å². The van der Waals surface area contributed by atoms with Gasteiger partial charge in [-0.2, -0.15) is 0 Å². The first-order valence-electron chi connectivity index (χ1n) is 33.4. The molecule has 0 aliphatic rings. The molecule has 458 valence electrons. The van der Waals surface area contributed by atoms with Gasteiger partial charge in [0.15, 0.2) is 6.10 Å². The van der Waals surface area contributed by atoms with Crippen LogP contribution in [0.15, 0.2) is 48.6 Å². The molecular formula is C68H129NO8P+. The number of unbranched alkanes of at least 4 members (excludes halogenated alkanes) is 40. The lowest BCUT2D eigenvalue weighted by Gasteiger charge is -2.24. The van der Waals surface area contributed by atoms with Gasteiger partial charge in [-0.15, -0.1) is 0 Å². The number of likely N-dealkylation sites (N-methyl/N-ethyl adjacent to an activating group) is 1. The predicted octanol–water partition coefficient (Wildman–Crippen LogP) is 21.3. The van der Waals surface area contributed by atoms with E-state index in [-0.39, 0.29) is 32.0 Å². The van der Waals surface area contributed by atoms with Gasteiger partial charge in [-0.25, -0.2) is 4.57 Å². The summed E-state index contributed by atoms with van der Waals surface area (Å²) in [7, 11) is 1.48. The second kappa shape index (κ2) is 59.6. The number of phosphoric ester groups is 1. The van der Waals surface area contributed by atoms with Crippen LogP contribution >= 0.6 is 7.82 Å². The third kappa shape index (κ3) is 63.2. The Bertz CT molecular complexity index is 1460. The summed E-state index contributed by atoms with van der Waals surface area (Å²) >= 11 is 0. The van der Waals surface area contributed by atoms with Crippen LogP contribution in [0.1, 0.15) is 322 Å². The van der Waals surface area contributed by atoms with Crippen LogP contribution in [0.25, 0.3) is 0 Å². The van der Waals surface area contributed by atoms with Crippen LogP contribution in [0.5, 0.6) is 0 Å². The van der Waals surface area contributed by atoms with Crippen LogP contribution in [0.4, 0.5) is 0 Å². The average Bonchev–Trinajstić information content (AvgIpc) is 3.40. The Morgan fingerprint density at radius 1 is 0.397 bits per heavy atom. The molecule has 0 saturated carbocycles. The van der Waals surface area contributed by atoms with Crippen molar-refractivity contribution < 1.29 is 42.1 Å². The van der Waals surface area contributed by atoms with E-state index in [0.717, 1.165) is 70.6 Å². The molecule has 10 heteroatoms. The number of hydrogen-bond donors (Lipinski definition) is 1. The first-order chi connectivity index (χ1) is 38.0. The molecule has 0 bridgehead atoms. The highest BCUT2D eigenvalue weighted by molar-refractivity contribution is 7.47. The minimum Gasteiger partial charge on any atom is -0.462 e. The Morgan fingerprint density at radius 2 is 0.718 bits per heavy atom. The second-order valence-corrected chi connectivity index (χ2v) is 25.3. The van der Waals surface area contributed by atoms with Crippen LogP contribution < -0.4 is 0 Å². The number of hydrogen-bond acceptors (Lipinski definition) is 7. The van der Waals surface area contributed by atoms with Crippen molar-refractivity contribution in [1.29, 1.82) is 0 Å². The summed E-state index contributed by atoms with van der Waals surface area (Å²) in [6.07, 6.45) is 76.7. The number of allylic oxidation sites excluding steroid dienone is 8. The number of rotatable bonds is 62. The van der Waals surface area contributed by atoms with Crippen molar-refractivity contribution in [2.45, 2.75) is 328 Å². The summed E-state index contributed by atoms with van der Waals surface area (Å²) in [5.41, 5.74) is 0. The molecule has 0 aromatic heterocycles. The van der Waals surface area contributed by atoms with Crippen LogP contribution in [0.2, 0.25) is 0 Å². The molecule has 9 nitrogen and oxygen atoms in total. The number of nitrogens with zero attached hydrogens (tertiary/aromatic N) is 1. The van der Waals surface area contributed by atoms with Crippen LogP contribution in [-0.2, 0) is 32.7 Å². The Morgan fingerprint density at radius 3 is 1.06 bits per heavy atom. The van der Waals surface area contributed by atoms with Gasteiger partial charge in [-0.05, 0) is 70.6 Å². The first-order valence-corrected chi connectivity index (χ1v) is 34.9. The molecular weight excluding hydrogens is 990 g/mol. The fraction of sp³-hybridized carbons (Fsp3) is 0.853. The van der Waals surface area contributed by atoms with E-state index in [9.17, 15) is 19.0 Å². The molecule has 1 N–H and O–H groups in total. The van der Waals surface area contributed by atoms with Gasteiger partial charge in [-0.3, -0.25) is 18.6 Å². The summed E-state index contributed by atoms with van der Waals surface area (Å²) in [6, 6.07) is 0. The van der Waals surface area contributed by atoms with Gasteiger partial charge < -0.3 is 18.9 Å². The van der Waals surface area contributed by atoms with Crippen molar-refractivity contribution in [2.75, 3.05) is 47.5 Å². The second-order valence-electron chi connectivity index (χ2n) is 23.9. The molecule has 0 spiro atoms. The van der Waals surface area contributed by atoms with Crippen LogP contribution in [0.3, 0.4) is 0 Å². The summed E-state index contributed by atoms with van der Waals surface area (Å²) in [6.45, 7) is 4.37. The van der Waals surface area contributed by atoms with E-state index in [0.29, 0.717) is 17.4 Å². The van der Waals surface area contributed by atoms with E-state index in [1.807, 2.05) is 21.1 Å². The van der Waals surface area contributed by atoms with Gasteiger partial charge in [-0.1, -0.05) is 287 Å². The average molecular weight is 1120 g/mol. The number of ether oxygens (including phenoxy) is 2. The van der Waals surface area contributed by atoms with Crippen LogP contribution in [-0.4, -0.2) is 74.9 Å². The monoisotopic (exact) mass is 1120 g/mol. The Balaban J connectivity index is 3.83. The molecule has 2 atom stereocenters. The van der Waals surface area contributed by atoms with Crippen molar-refractivity contribution >= 4 is 19.8 Å². The summed E-state index contributed by atoms with van der Waals surface area (Å²) in [5, 5.41) is 0. The van der Waals surface area contributed by atoms with Crippen molar-refractivity contribution in [2.24, 2.45) is 0 Å². The van der Waals surface area contributed by atoms with Gasteiger partial charge in [0.1, 0.15) is 19.8 Å². The zero-order chi connectivity index (χ0) is 57.0. The molecule has 0 aliphatic carbocycles. The summed E-state index contributed by atoms with van der Waals surface area (Å²) < 4.78 is 34.5. The van der Waals surface area contributed by atoms with Gasteiger partial charge in [0.05, 0.1) is 27.7 Å². The summed E-state index contributed by atoms with van der Waals surface area (Å²) in [4.78, 5) is 35.6. The van der Waals surface area contributed by atoms with Crippen LogP contribution in [0, 0.1) is 0 Å². The van der Waals surface area contributed by atoms with Crippen molar-refractivity contribution in [1.82, 2.24) is 0 Å². The molecule has 0 saturated heterocycles. The molecule has 0 radical (unpaired) electrons. The zero-order valence-electron chi connectivity index (χ0n) is 52.2. The highest BCUT2D eigenvalue weighted by Gasteiger charge is 2.27. The smallest absolute Gasteiger partial charge is 0.462 e. The third-order valence-corrected chi connectivity index (χ3v) is 15.8. The minimum absolute atomic E-state index is 0.0306. The molecule has 0 rings (SSSR count). The van der Waals surface area contributed by atoms with E-state index in [2.05, 4.69) is 62.5 Å². The zero-order valence-corrected chi connectivity index (χ0v) is 53.1. The van der Waals surface area contributed by atoms with E-state index in [1.54, 1.807) is 0 Å². The third-order valence-electron chi connectivity index (χ3n) is 14.8. The fourth-order valence-corrected chi connectivity index (χ4v) is 10.4. The Kier molecular flexibility index (Phi) is 58.0. The lowest BCUT2D eigenvalue weighted by Crippen LogP contribution is -2.37. The van der Waals surface area contributed by atoms with E-state index < -0.39 is 26.5 Å². The standard InChI is InChI=1S/C68H128NO8P/c1-6-8-10-12-14-16-18-20-21-22-23-24-25-26-27-28-29-30-31-32-33-34-35-36-37-38-39-40-41-42-43-44-45-46-47-49-51-53-55-57-59-61-68(71)77-66(65-76-78(72,73)75-63-62-69(3,4)5)64-74-67(70)60-58-56-54-52-50-48-19-17-15-13-11-9-7-2/h11,13,17-20,22-23,66H,6-10,12,14-16,21,24-65H2,1-5H3/p+1/b13-11-,19-17-,20-18-,23-22-. The van der Waals surface area contributed by atoms with E-state index in [1.165, 1.54) is 218 Å². The molecule has 0 heterocycles. The number of carbonyl (C=O) groups excluding carboxylic acids is 2. The largest absolute Gasteiger partial charge is 0.472 e. The SMILES string of the molecule is CCC/C=C\C/C=C\CCCCCCCC(=O)OCC(COP(=O)(O)OCC[N+](C)(C)C)OC(=O)CCCCCCCCCCCCCCCCCCCCCCCCCCCCCCC/C=C\C/C=C\CCCCCCC. The maximum atomic E-state index is 12.8. The maximum Gasteiger partial charge on any atom is 0.472 e. The molecule has 0 aromatic rings. The highest BCUT2D eigenvalue weighted by Crippen LogP contribution is 2.43. The van der Waals surface area contributed by atoms with E-state index in [4.69, 9.17) is 18.5 Å². The minimum atomic E-state index is -4.39. The van der Waals surface area contributed by atoms with Crippen molar-refractivity contribution in [3.63, 3.8) is 0 Å². The lowest BCUT2D eigenvalue weighted by atomic mass is 10.0. The van der Waals surface area contributed by atoms with Crippen molar-refractivity contribution in [3.05, 3.63) is 48.6 Å². The van der Waals surface area contributed by atoms with Crippen molar-refractivity contribution in [3.8, 4) is 0 Å². The molecule has 78 heavy (non-hydrogen) atoms. The molecule has 0 aliphatic heterocycles. The number of esters is 2. The summed E-state index contributed by atoms with van der Waals surface area (Å²) in [5.74, 6) is -0.802. The quantitative estimate of drug-likeness (QED) is 0.0211. The topological polar surface area (TPSA) is 108 Å². The molecule has 0 aromatic carbocycles. The maximum absolute atomic E-state index is 12.8. The fourth-order valence-electron chi connectivity index (χ4n) is 9.68. The number of carbonyl (C=O) groups is 2. The lowest BCUT2D eigenvalue weighted by molar-refractivity contribution is -0.870. The van der Waals surface area contributed by atoms with Gasteiger partial charge >= 0.3 is 19.8 Å². The number of phosphoric acid groups is 1. The molecule has 0 fully saturated rings. The van der Waals surface area contributed by atoms with E-state index >= 15 is 0 Å². The first kappa shape index (κ1) is 76.0. The normalized spacial score (nSPS) is 13.5. The van der Waals surface area contributed by atoms with Gasteiger partial charge in [0.25, 0.3) is 0 Å². The number of quaternary nitrogens is 1.